The Morgan fingerprint density at radius 1 is 1.12 bits per heavy atom. The summed E-state index contributed by atoms with van der Waals surface area (Å²) in [4.78, 5) is 0. The van der Waals surface area contributed by atoms with Gasteiger partial charge < -0.3 is 4.52 Å². The van der Waals surface area contributed by atoms with Gasteiger partial charge in [-0.05, 0) is 38.1 Å². The highest BCUT2D eigenvalue weighted by molar-refractivity contribution is 9.10. The van der Waals surface area contributed by atoms with Crippen LogP contribution in [-0.4, -0.2) is 13.2 Å². The van der Waals surface area contributed by atoms with Gasteiger partial charge in [0.15, 0.2) is 0 Å². The summed E-state index contributed by atoms with van der Waals surface area (Å²) in [6, 6.07) is 7.41. The van der Waals surface area contributed by atoms with E-state index >= 15 is 0 Å². The Labute approximate surface area is 109 Å². The third kappa shape index (κ3) is 4.52. The van der Waals surface area contributed by atoms with Gasteiger partial charge in [0.2, 0.25) is 0 Å². The summed E-state index contributed by atoms with van der Waals surface area (Å²) in [6.07, 6.45) is 0. The Kier molecular flexibility index (Phi) is 5.94. The molecule has 0 radical (unpaired) electrons. The van der Waals surface area contributed by atoms with E-state index in [1.54, 1.807) is 0 Å². The average Bonchev–Trinajstić information content (AvgIpc) is 2.22. The SMILES string of the molecule is CCOP(=S)(OCC)Oc1ccc(Br)cc1. The molecule has 0 saturated heterocycles. The number of rotatable bonds is 6. The van der Waals surface area contributed by atoms with Gasteiger partial charge in [-0.15, -0.1) is 0 Å². The molecule has 0 N–H and O–H groups in total. The molecular formula is C10H14BrO3PS. The van der Waals surface area contributed by atoms with Crippen molar-refractivity contribution in [2.45, 2.75) is 13.8 Å². The maximum atomic E-state index is 5.60. The lowest BCUT2D eigenvalue weighted by Crippen LogP contribution is -2.01. The summed E-state index contributed by atoms with van der Waals surface area (Å²) in [5, 5.41) is 0. The average molecular weight is 325 g/mol. The van der Waals surface area contributed by atoms with Crippen LogP contribution in [0.25, 0.3) is 0 Å². The maximum Gasteiger partial charge on any atom is 0.380 e. The monoisotopic (exact) mass is 324 g/mol. The normalized spacial score (nSPS) is 11.4. The van der Waals surface area contributed by atoms with Crippen LogP contribution in [0.5, 0.6) is 5.75 Å². The van der Waals surface area contributed by atoms with E-state index in [9.17, 15) is 0 Å². The van der Waals surface area contributed by atoms with Crippen LogP contribution in [-0.2, 0) is 20.9 Å². The molecule has 0 unspecified atom stereocenters. The van der Waals surface area contributed by atoms with Crippen LogP contribution in [0.2, 0.25) is 0 Å². The first kappa shape index (κ1) is 14.1. The Balaban J connectivity index is 2.75. The van der Waals surface area contributed by atoms with Crippen LogP contribution in [0.3, 0.4) is 0 Å². The molecule has 1 rings (SSSR count). The minimum atomic E-state index is -2.64. The van der Waals surface area contributed by atoms with Crippen LogP contribution in [0, 0.1) is 0 Å². The fraction of sp³-hybridized carbons (Fsp3) is 0.400. The van der Waals surface area contributed by atoms with E-state index in [2.05, 4.69) is 15.9 Å². The first-order valence-corrected chi connectivity index (χ1v) is 8.29. The van der Waals surface area contributed by atoms with Crippen LogP contribution < -0.4 is 4.52 Å². The molecule has 0 aromatic heterocycles. The van der Waals surface area contributed by atoms with Gasteiger partial charge in [0.05, 0.1) is 13.2 Å². The predicted molar refractivity (Wildman–Crippen MR) is 72.3 cm³/mol. The summed E-state index contributed by atoms with van der Waals surface area (Å²) >= 11 is 8.60. The molecule has 0 spiro atoms. The Bertz CT molecular complexity index is 359. The third-order valence-electron chi connectivity index (χ3n) is 1.61. The summed E-state index contributed by atoms with van der Waals surface area (Å²) in [7, 11) is 0. The molecule has 3 nitrogen and oxygen atoms in total. The number of benzene rings is 1. The molecule has 0 fully saturated rings. The van der Waals surface area contributed by atoms with Gasteiger partial charge in [0.1, 0.15) is 5.75 Å². The molecule has 1 aromatic rings. The van der Waals surface area contributed by atoms with Crippen molar-refractivity contribution in [3.05, 3.63) is 28.7 Å². The number of hydrogen-bond acceptors (Lipinski definition) is 4. The van der Waals surface area contributed by atoms with Crippen molar-refractivity contribution in [1.29, 1.82) is 0 Å². The first-order valence-electron chi connectivity index (χ1n) is 4.94. The van der Waals surface area contributed by atoms with Crippen LogP contribution in [0.15, 0.2) is 28.7 Å². The minimum absolute atomic E-state index is 0.480. The van der Waals surface area contributed by atoms with Gasteiger partial charge >= 0.3 is 6.72 Å². The molecule has 1 aromatic carbocycles. The second kappa shape index (κ2) is 6.72. The number of halogens is 1. The molecule has 0 heterocycles. The van der Waals surface area contributed by atoms with Gasteiger partial charge in [-0.2, -0.15) is 0 Å². The topological polar surface area (TPSA) is 27.7 Å². The van der Waals surface area contributed by atoms with Crippen LogP contribution in [0.4, 0.5) is 0 Å². The highest BCUT2D eigenvalue weighted by atomic mass is 79.9. The van der Waals surface area contributed by atoms with Crippen molar-refractivity contribution in [3.8, 4) is 5.75 Å². The molecule has 0 amide bonds. The largest absolute Gasteiger partial charge is 0.424 e. The molecule has 0 aliphatic rings. The summed E-state index contributed by atoms with van der Waals surface area (Å²) in [5.41, 5.74) is 0. The first-order chi connectivity index (χ1) is 7.59. The quantitative estimate of drug-likeness (QED) is 0.735. The zero-order chi connectivity index (χ0) is 12.0. The van der Waals surface area contributed by atoms with E-state index in [1.165, 1.54) is 0 Å². The molecule has 16 heavy (non-hydrogen) atoms. The Morgan fingerprint density at radius 3 is 2.06 bits per heavy atom. The molecule has 0 aliphatic heterocycles. The van der Waals surface area contributed by atoms with E-state index in [0.717, 1.165) is 4.47 Å². The Morgan fingerprint density at radius 2 is 1.62 bits per heavy atom. The number of hydrogen-bond donors (Lipinski definition) is 0. The standard InChI is InChI=1S/C10H14BrO3PS/c1-3-12-15(16,13-4-2)14-10-7-5-9(11)6-8-10/h5-8H,3-4H2,1-2H3. The maximum absolute atomic E-state index is 5.60. The molecule has 0 atom stereocenters. The highest BCUT2D eigenvalue weighted by Gasteiger charge is 2.20. The van der Waals surface area contributed by atoms with E-state index in [4.69, 9.17) is 25.4 Å². The smallest absolute Gasteiger partial charge is 0.380 e. The second-order valence-corrected chi connectivity index (χ2v) is 6.68. The lowest BCUT2D eigenvalue weighted by Gasteiger charge is -2.20. The van der Waals surface area contributed by atoms with Crippen LogP contribution in [0.1, 0.15) is 13.8 Å². The minimum Gasteiger partial charge on any atom is -0.424 e. The van der Waals surface area contributed by atoms with E-state index in [0.29, 0.717) is 19.0 Å². The van der Waals surface area contributed by atoms with Crippen molar-refractivity contribution >= 4 is 34.5 Å². The third-order valence-corrected chi connectivity index (χ3v) is 4.57. The molecule has 90 valence electrons. The van der Waals surface area contributed by atoms with Gasteiger partial charge in [0, 0.05) is 16.3 Å². The van der Waals surface area contributed by atoms with E-state index in [-0.39, 0.29) is 0 Å². The van der Waals surface area contributed by atoms with Gasteiger partial charge in [0.25, 0.3) is 0 Å². The second-order valence-electron chi connectivity index (χ2n) is 2.83. The lowest BCUT2D eigenvalue weighted by molar-refractivity contribution is 0.218. The fourth-order valence-corrected chi connectivity index (χ4v) is 3.38. The summed E-state index contributed by atoms with van der Waals surface area (Å²) in [5.74, 6) is 0.661. The van der Waals surface area contributed by atoms with Crippen molar-refractivity contribution in [1.82, 2.24) is 0 Å². The molecule has 0 aliphatic carbocycles. The molecule has 0 saturated carbocycles. The van der Waals surface area contributed by atoms with Crippen molar-refractivity contribution in [3.63, 3.8) is 0 Å². The van der Waals surface area contributed by atoms with Gasteiger partial charge in [-0.3, -0.25) is 9.05 Å². The predicted octanol–water partition coefficient (Wildman–Crippen LogP) is 4.13. The lowest BCUT2D eigenvalue weighted by atomic mass is 10.3. The van der Waals surface area contributed by atoms with E-state index in [1.807, 2.05) is 38.1 Å². The van der Waals surface area contributed by atoms with Crippen LogP contribution >= 0.6 is 22.6 Å². The zero-order valence-electron chi connectivity index (χ0n) is 9.18. The summed E-state index contributed by atoms with van der Waals surface area (Å²) in [6.45, 7) is 2.05. The van der Waals surface area contributed by atoms with Crippen molar-refractivity contribution < 1.29 is 13.6 Å². The zero-order valence-corrected chi connectivity index (χ0v) is 12.5. The molecule has 0 bridgehead atoms. The Hall–Kier alpha value is 0.0700. The van der Waals surface area contributed by atoms with Crippen molar-refractivity contribution in [2.24, 2.45) is 0 Å². The highest BCUT2D eigenvalue weighted by Crippen LogP contribution is 2.49. The molecule has 6 heteroatoms. The van der Waals surface area contributed by atoms with E-state index < -0.39 is 6.72 Å². The van der Waals surface area contributed by atoms with Gasteiger partial charge in [-0.25, -0.2) is 0 Å². The van der Waals surface area contributed by atoms with Crippen molar-refractivity contribution in [2.75, 3.05) is 13.2 Å². The van der Waals surface area contributed by atoms with Gasteiger partial charge in [-0.1, -0.05) is 15.9 Å². The fourth-order valence-electron chi connectivity index (χ4n) is 1.03. The summed E-state index contributed by atoms with van der Waals surface area (Å²) < 4.78 is 17.3. The molecular weight excluding hydrogens is 311 g/mol.